The van der Waals surface area contributed by atoms with Gasteiger partial charge in [-0.25, -0.2) is 0 Å². The van der Waals surface area contributed by atoms with E-state index in [1.807, 2.05) is 18.2 Å². The lowest BCUT2D eigenvalue weighted by Gasteiger charge is -2.37. The van der Waals surface area contributed by atoms with Gasteiger partial charge in [0.1, 0.15) is 0 Å². The van der Waals surface area contributed by atoms with Crippen molar-refractivity contribution in [2.75, 3.05) is 36.5 Å². The molecule has 2 aliphatic heterocycles. The predicted molar refractivity (Wildman–Crippen MR) is 87.5 cm³/mol. The van der Waals surface area contributed by atoms with Gasteiger partial charge in [0, 0.05) is 32.1 Å². The van der Waals surface area contributed by atoms with Gasteiger partial charge in [-0.2, -0.15) is 10.1 Å². The summed E-state index contributed by atoms with van der Waals surface area (Å²) in [4.78, 5) is 11.0. The van der Waals surface area contributed by atoms with Crippen LogP contribution in [0.3, 0.4) is 0 Å². The average Bonchev–Trinajstić information content (AvgIpc) is 3.10. The molecule has 8 nitrogen and oxygen atoms in total. The average molecular weight is 328 g/mol. The Morgan fingerprint density at radius 1 is 1.17 bits per heavy atom. The second-order valence-electron chi connectivity index (χ2n) is 5.91. The highest BCUT2D eigenvalue weighted by molar-refractivity contribution is 5.41. The van der Waals surface area contributed by atoms with E-state index >= 15 is 0 Å². The van der Waals surface area contributed by atoms with Crippen molar-refractivity contribution in [1.82, 2.24) is 20.2 Å². The van der Waals surface area contributed by atoms with E-state index in [2.05, 4.69) is 30.4 Å². The van der Waals surface area contributed by atoms with Crippen LogP contribution in [0.2, 0.25) is 0 Å². The molecule has 2 saturated heterocycles. The van der Waals surface area contributed by atoms with Crippen LogP contribution in [0.4, 0.5) is 11.8 Å². The van der Waals surface area contributed by atoms with E-state index in [9.17, 15) is 0 Å². The van der Waals surface area contributed by atoms with Gasteiger partial charge in [0.05, 0.1) is 31.6 Å². The highest BCUT2D eigenvalue weighted by Crippen LogP contribution is 2.32. The second kappa shape index (κ2) is 6.66. The molecule has 0 atom stereocenters. The summed E-state index contributed by atoms with van der Waals surface area (Å²) in [6, 6.07) is 5.80. The molecule has 4 heterocycles. The van der Waals surface area contributed by atoms with E-state index in [1.54, 1.807) is 12.4 Å². The highest BCUT2D eigenvalue weighted by Gasteiger charge is 2.40. The van der Waals surface area contributed by atoms with E-state index in [1.165, 1.54) is 0 Å². The van der Waals surface area contributed by atoms with Crippen LogP contribution in [0.5, 0.6) is 0 Å². The molecule has 1 N–H and O–H groups in total. The van der Waals surface area contributed by atoms with Gasteiger partial charge in [-0.05, 0) is 12.1 Å². The number of rotatable bonds is 4. The standard InChI is InChI=1S/C16H20N6O2/c1-2-6-17-13(3-1)11-18-15-20-14(12-19-21-15)22-7-4-16(5-8-22)23-9-10-24-16/h1-3,6,12H,4-5,7-11H2,(H,18,20,21). The molecule has 2 aliphatic rings. The summed E-state index contributed by atoms with van der Waals surface area (Å²) in [7, 11) is 0. The Morgan fingerprint density at radius 2 is 2.00 bits per heavy atom. The smallest absolute Gasteiger partial charge is 0.245 e. The lowest BCUT2D eigenvalue weighted by atomic mass is 10.0. The summed E-state index contributed by atoms with van der Waals surface area (Å²) in [5.41, 5.74) is 0.932. The van der Waals surface area contributed by atoms with Gasteiger partial charge in [-0.1, -0.05) is 6.07 Å². The Labute approximate surface area is 140 Å². The molecular weight excluding hydrogens is 308 g/mol. The molecule has 24 heavy (non-hydrogen) atoms. The molecule has 0 radical (unpaired) electrons. The first-order valence-corrected chi connectivity index (χ1v) is 8.19. The van der Waals surface area contributed by atoms with Crippen molar-refractivity contribution in [3.63, 3.8) is 0 Å². The molecule has 2 aromatic rings. The highest BCUT2D eigenvalue weighted by atomic mass is 16.7. The van der Waals surface area contributed by atoms with Gasteiger partial charge in [-0.15, -0.1) is 5.10 Å². The van der Waals surface area contributed by atoms with Crippen LogP contribution in [-0.2, 0) is 16.0 Å². The zero-order valence-corrected chi connectivity index (χ0v) is 13.4. The van der Waals surface area contributed by atoms with Crippen molar-refractivity contribution in [1.29, 1.82) is 0 Å². The van der Waals surface area contributed by atoms with Gasteiger partial charge in [0.25, 0.3) is 0 Å². The van der Waals surface area contributed by atoms with Crippen molar-refractivity contribution in [3.05, 3.63) is 36.3 Å². The molecule has 2 aromatic heterocycles. The van der Waals surface area contributed by atoms with Crippen molar-refractivity contribution in [2.24, 2.45) is 0 Å². The monoisotopic (exact) mass is 328 g/mol. The van der Waals surface area contributed by atoms with E-state index in [0.717, 1.165) is 37.4 Å². The Balaban J connectivity index is 1.38. The van der Waals surface area contributed by atoms with Crippen LogP contribution >= 0.6 is 0 Å². The topological polar surface area (TPSA) is 85.3 Å². The lowest BCUT2D eigenvalue weighted by molar-refractivity contribution is -0.169. The van der Waals surface area contributed by atoms with Crippen molar-refractivity contribution < 1.29 is 9.47 Å². The summed E-state index contributed by atoms with van der Waals surface area (Å²) in [6.07, 6.45) is 5.14. The number of aromatic nitrogens is 4. The normalized spacial score (nSPS) is 19.6. The molecular formula is C16H20N6O2. The molecule has 4 rings (SSSR count). The maximum absolute atomic E-state index is 5.76. The third kappa shape index (κ3) is 3.29. The fourth-order valence-electron chi connectivity index (χ4n) is 3.06. The van der Waals surface area contributed by atoms with Crippen molar-refractivity contribution >= 4 is 11.8 Å². The molecule has 0 bridgehead atoms. The predicted octanol–water partition coefficient (Wildman–Crippen LogP) is 1.22. The molecule has 0 saturated carbocycles. The largest absolute Gasteiger partial charge is 0.355 e. The third-order valence-electron chi connectivity index (χ3n) is 4.36. The Morgan fingerprint density at radius 3 is 2.75 bits per heavy atom. The number of ether oxygens (including phenoxy) is 2. The molecule has 0 unspecified atom stereocenters. The maximum atomic E-state index is 5.76. The third-order valence-corrected chi connectivity index (χ3v) is 4.36. The van der Waals surface area contributed by atoms with E-state index in [-0.39, 0.29) is 5.79 Å². The van der Waals surface area contributed by atoms with Gasteiger partial charge in [0.2, 0.25) is 5.95 Å². The quantitative estimate of drug-likeness (QED) is 0.897. The van der Waals surface area contributed by atoms with Crippen molar-refractivity contribution in [2.45, 2.75) is 25.2 Å². The summed E-state index contributed by atoms with van der Waals surface area (Å²) >= 11 is 0. The van der Waals surface area contributed by atoms with Crippen LogP contribution in [-0.4, -0.2) is 52.3 Å². The Hall–Kier alpha value is -2.32. The summed E-state index contributed by atoms with van der Waals surface area (Å²) in [6.45, 7) is 3.61. The van der Waals surface area contributed by atoms with Gasteiger partial charge >= 0.3 is 0 Å². The second-order valence-corrected chi connectivity index (χ2v) is 5.91. The molecule has 126 valence electrons. The SMILES string of the molecule is c1ccc(CNc2nncc(N3CCC4(CC3)OCCO4)n2)nc1. The van der Waals surface area contributed by atoms with E-state index in [0.29, 0.717) is 25.7 Å². The number of nitrogens with one attached hydrogen (secondary N) is 1. The molecule has 0 amide bonds. The minimum atomic E-state index is -0.378. The number of hydrogen-bond donors (Lipinski definition) is 1. The Kier molecular flexibility index (Phi) is 4.22. The molecule has 1 spiro atoms. The zero-order valence-electron chi connectivity index (χ0n) is 13.4. The van der Waals surface area contributed by atoms with Crippen LogP contribution in [0.15, 0.2) is 30.6 Å². The number of hydrogen-bond acceptors (Lipinski definition) is 8. The van der Waals surface area contributed by atoms with Crippen LogP contribution in [0, 0.1) is 0 Å². The van der Waals surface area contributed by atoms with Crippen LogP contribution in [0.25, 0.3) is 0 Å². The van der Waals surface area contributed by atoms with Gasteiger partial charge < -0.3 is 19.7 Å². The van der Waals surface area contributed by atoms with Crippen LogP contribution < -0.4 is 10.2 Å². The number of piperidine rings is 1. The maximum Gasteiger partial charge on any atom is 0.245 e. The molecule has 0 aromatic carbocycles. The first-order valence-electron chi connectivity index (χ1n) is 8.19. The van der Waals surface area contributed by atoms with E-state index < -0.39 is 0 Å². The minimum Gasteiger partial charge on any atom is -0.355 e. The van der Waals surface area contributed by atoms with Crippen LogP contribution in [0.1, 0.15) is 18.5 Å². The Bertz CT molecular complexity index is 667. The summed E-state index contributed by atoms with van der Waals surface area (Å²) in [5.74, 6) is 0.949. The van der Waals surface area contributed by atoms with Crippen molar-refractivity contribution in [3.8, 4) is 0 Å². The van der Waals surface area contributed by atoms with Gasteiger partial charge in [-0.3, -0.25) is 4.98 Å². The fraction of sp³-hybridized carbons (Fsp3) is 0.500. The number of nitrogens with zero attached hydrogens (tertiary/aromatic N) is 5. The number of pyridine rings is 1. The summed E-state index contributed by atoms with van der Waals surface area (Å²) in [5, 5.41) is 11.3. The van der Waals surface area contributed by atoms with Gasteiger partial charge in [0.15, 0.2) is 11.6 Å². The molecule has 0 aliphatic carbocycles. The van der Waals surface area contributed by atoms with E-state index in [4.69, 9.17) is 9.47 Å². The lowest BCUT2D eigenvalue weighted by Crippen LogP contribution is -2.45. The first kappa shape index (κ1) is 15.2. The minimum absolute atomic E-state index is 0.378. The number of anilines is 2. The molecule has 2 fully saturated rings. The zero-order chi connectivity index (χ0) is 16.2. The summed E-state index contributed by atoms with van der Waals surface area (Å²) < 4.78 is 11.5. The molecule has 8 heteroatoms. The fourth-order valence-corrected chi connectivity index (χ4v) is 3.06. The first-order chi connectivity index (χ1) is 11.8.